The van der Waals surface area contributed by atoms with Gasteiger partial charge >= 0.3 is 0 Å². The summed E-state index contributed by atoms with van der Waals surface area (Å²) in [4.78, 5) is 25.8. The molecule has 0 aromatic heterocycles. The van der Waals surface area contributed by atoms with E-state index in [9.17, 15) is 9.59 Å². The molecule has 3 atom stereocenters. The monoisotopic (exact) mass is 466 g/mol. The van der Waals surface area contributed by atoms with Crippen molar-refractivity contribution in [2.24, 2.45) is 5.92 Å². The Labute approximate surface area is 191 Å². The fourth-order valence-electron chi connectivity index (χ4n) is 4.43. The summed E-state index contributed by atoms with van der Waals surface area (Å²) in [6, 6.07) is 1.56. The fraction of sp³-hybridized carbons (Fsp3) is 0.565. The average Bonchev–Trinajstić information content (AvgIpc) is 3.10. The predicted molar refractivity (Wildman–Crippen MR) is 115 cm³/mol. The molecule has 0 N–H and O–H groups in total. The van der Waals surface area contributed by atoms with Gasteiger partial charge in [0.2, 0.25) is 11.4 Å². The topological polar surface area (TPSA) is 89.5 Å². The first kappa shape index (κ1) is 22.9. The molecule has 1 spiro atoms. The first-order valence-electron chi connectivity index (χ1n) is 10.7. The fourth-order valence-corrected chi connectivity index (χ4v) is 4.69. The molecule has 0 radical (unpaired) electrons. The van der Waals surface area contributed by atoms with Crippen LogP contribution in [0.4, 0.5) is 0 Å². The van der Waals surface area contributed by atoms with E-state index in [1.165, 1.54) is 20.3 Å². The summed E-state index contributed by atoms with van der Waals surface area (Å²) in [5.74, 6) is -0.0594. The molecule has 3 aliphatic rings. The minimum absolute atomic E-state index is 0.130. The zero-order valence-electron chi connectivity index (χ0n) is 18.4. The molecule has 8 nitrogen and oxygen atoms in total. The van der Waals surface area contributed by atoms with E-state index in [-0.39, 0.29) is 58.7 Å². The van der Waals surface area contributed by atoms with Gasteiger partial charge in [-0.2, -0.15) is 0 Å². The van der Waals surface area contributed by atoms with Crippen LogP contribution in [0.5, 0.6) is 17.2 Å². The molecule has 1 unspecified atom stereocenters. The zero-order chi connectivity index (χ0) is 22.9. The van der Waals surface area contributed by atoms with Crippen molar-refractivity contribution < 1.29 is 38.0 Å². The number of halogens is 1. The smallest absolute Gasteiger partial charge is 0.231 e. The molecular formula is C23H27ClO8. The SMILES string of the molecule is COC1=CC(=O)C[C@@H](C)[C@]12Oc1c(Cl)c(OC)cc(OCCOC3CCCCO3)c1C2=O. The van der Waals surface area contributed by atoms with Crippen molar-refractivity contribution in [1.82, 2.24) is 0 Å². The molecule has 1 aliphatic carbocycles. The summed E-state index contributed by atoms with van der Waals surface area (Å²) in [7, 11) is 2.87. The lowest BCUT2D eigenvalue weighted by atomic mass is 9.75. The van der Waals surface area contributed by atoms with Crippen LogP contribution in [0.3, 0.4) is 0 Å². The van der Waals surface area contributed by atoms with Crippen molar-refractivity contribution in [1.29, 1.82) is 0 Å². The molecule has 2 heterocycles. The van der Waals surface area contributed by atoms with Gasteiger partial charge in [-0.25, -0.2) is 0 Å². The highest BCUT2D eigenvalue weighted by Gasteiger charge is 2.59. The second-order valence-electron chi connectivity index (χ2n) is 8.06. The van der Waals surface area contributed by atoms with Crippen LogP contribution in [0.2, 0.25) is 5.02 Å². The van der Waals surface area contributed by atoms with Gasteiger partial charge in [0.05, 0.1) is 20.8 Å². The molecule has 2 aliphatic heterocycles. The summed E-state index contributed by atoms with van der Waals surface area (Å²) >= 11 is 6.50. The maximum atomic E-state index is 13.7. The van der Waals surface area contributed by atoms with Crippen LogP contribution in [-0.2, 0) is 19.0 Å². The Balaban J connectivity index is 1.62. The van der Waals surface area contributed by atoms with Gasteiger partial charge in [-0.1, -0.05) is 18.5 Å². The Morgan fingerprint density at radius 2 is 1.97 bits per heavy atom. The molecule has 4 rings (SSSR count). The van der Waals surface area contributed by atoms with Crippen molar-refractivity contribution in [2.75, 3.05) is 34.0 Å². The lowest BCUT2D eigenvalue weighted by Crippen LogP contribution is -2.51. The number of Topliss-reactive ketones (excluding diaryl/α,β-unsaturated/α-hetero) is 1. The minimum atomic E-state index is -1.48. The van der Waals surface area contributed by atoms with E-state index in [0.29, 0.717) is 19.0 Å². The van der Waals surface area contributed by atoms with E-state index in [1.807, 2.05) is 0 Å². The van der Waals surface area contributed by atoms with Gasteiger partial charge in [-0.15, -0.1) is 0 Å². The van der Waals surface area contributed by atoms with Crippen LogP contribution in [0.25, 0.3) is 0 Å². The van der Waals surface area contributed by atoms with Crippen LogP contribution in [-0.4, -0.2) is 57.5 Å². The molecule has 1 saturated heterocycles. The number of hydrogen-bond acceptors (Lipinski definition) is 8. The Kier molecular flexibility index (Phi) is 6.65. The van der Waals surface area contributed by atoms with Crippen LogP contribution in [0.1, 0.15) is 43.0 Å². The van der Waals surface area contributed by atoms with Gasteiger partial charge < -0.3 is 28.4 Å². The van der Waals surface area contributed by atoms with E-state index in [1.54, 1.807) is 13.0 Å². The normalized spacial score (nSPS) is 27.1. The molecule has 174 valence electrons. The van der Waals surface area contributed by atoms with E-state index in [2.05, 4.69) is 0 Å². The molecule has 1 fully saturated rings. The highest BCUT2D eigenvalue weighted by molar-refractivity contribution is 6.35. The first-order chi connectivity index (χ1) is 15.4. The molecule has 32 heavy (non-hydrogen) atoms. The lowest BCUT2D eigenvalue weighted by Gasteiger charge is -2.36. The number of ether oxygens (including phenoxy) is 6. The van der Waals surface area contributed by atoms with Gasteiger partial charge in [0.25, 0.3) is 0 Å². The second-order valence-corrected chi connectivity index (χ2v) is 8.44. The molecule has 0 bridgehead atoms. The number of hydrogen-bond donors (Lipinski definition) is 0. The zero-order valence-corrected chi connectivity index (χ0v) is 19.2. The van der Waals surface area contributed by atoms with E-state index in [4.69, 9.17) is 40.0 Å². The van der Waals surface area contributed by atoms with Crippen molar-refractivity contribution in [3.8, 4) is 17.2 Å². The summed E-state index contributed by atoms with van der Waals surface area (Å²) < 4.78 is 34.2. The number of carbonyl (C=O) groups is 2. The molecule has 1 aromatic rings. The molecule has 1 aromatic carbocycles. The summed E-state index contributed by atoms with van der Waals surface area (Å²) in [6.45, 7) is 2.95. The number of benzene rings is 1. The van der Waals surface area contributed by atoms with Crippen LogP contribution >= 0.6 is 11.6 Å². The maximum absolute atomic E-state index is 13.7. The first-order valence-corrected chi connectivity index (χ1v) is 11.1. The quantitative estimate of drug-likeness (QED) is 0.561. The minimum Gasteiger partial charge on any atom is -0.496 e. The Morgan fingerprint density at radius 3 is 2.66 bits per heavy atom. The largest absolute Gasteiger partial charge is 0.496 e. The van der Waals surface area contributed by atoms with Gasteiger partial charge in [-0.05, 0) is 19.3 Å². The number of ketones is 2. The molecule has 0 saturated carbocycles. The van der Waals surface area contributed by atoms with Crippen molar-refractivity contribution in [3.05, 3.63) is 28.5 Å². The number of fused-ring (bicyclic) bond motifs is 1. The summed E-state index contributed by atoms with van der Waals surface area (Å²) in [5.41, 5.74) is -1.28. The second kappa shape index (κ2) is 9.29. The number of allylic oxidation sites excluding steroid dienone is 1. The number of methoxy groups -OCH3 is 2. The highest BCUT2D eigenvalue weighted by Crippen LogP contribution is 2.54. The Morgan fingerprint density at radius 1 is 1.16 bits per heavy atom. The molecular weight excluding hydrogens is 440 g/mol. The van der Waals surface area contributed by atoms with Crippen molar-refractivity contribution in [3.63, 3.8) is 0 Å². The highest BCUT2D eigenvalue weighted by atomic mass is 35.5. The maximum Gasteiger partial charge on any atom is 0.231 e. The van der Waals surface area contributed by atoms with Gasteiger partial charge in [0, 0.05) is 31.1 Å². The lowest BCUT2D eigenvalue weighted by molar-refractivity contribution is -0.165. The summed E-state index contributed by atoms with van der Waals surface area (Å²) in [6.07, 6.45) is 4.18. The average molecular weight is 467 g/mol. The standard InChI is InChI=1S/C23H27ClO8/c1-13-10-14(25)11-17(28-3)23(13)22(26)19-15(12-16(27-2)20(24)21(19)32-23)29-8-9-31-18-6-4-5-7-30-18/h11-13,18H,4-10H2,1-3H3/t13-,18?,23+/m1/s1. The Hall–Kier alpha value is -2.29. The summed E-state index contributed by atoms with van der Waals surface area (Å²) in [5, 5.41) is 0.159. The van der Waals surface area contributed by atoms with Crippen molar-refractivity contribution >= 4 is 23.2 Å². The van der Waals surface area contributed by atoms with Crippen LogP contribution in [0.15, 0.2) is 17.9 Å². The molecule has 9 heteroatoms. The van der Waals surface area contributed by atoms with Crippen molar-refractivity contribution in [2.45, 2.75) is 44.5 Å². The third kappa shape index (κ3) is 3.84. The number of carbonyl (C=O) groups excluding carboxylic acids is 2. The predicted octanol–water partition coefficient (Wildman–Crippen LogP) is 3.72. The third-order valence-electron chi connectivity index (χ3n) is 6.06. The van der Waals surface area contributed by atoms with E-state index >= 15 is 0 Å². The van der Waals surface area contributed by atoms with Gasteiger partial charge in [-0.3, -0.25) is 9.59 Å². The van der Waals surface area contributed by atoms with Gasteiger partial charge in [0.15, 0.2) is 23.6 Å². The number of rotatable bonds is 7. The third-order valence-corrected chi connectivity index (χ3v) is 6.42. The molecule has 0 amide bonds. The van der Waals surface area contributed by atoms with Crippen LogP contribution in [0, 0.1) is 5.92 Å². The van der Waals surface area contributed by atoms with Crippen LogP contribution < -0.4 is 14.2 Å². The van der Waals surface area contributed by atoms with E-state index in [0.717, 1.165) is 19.3 Å². The Bertz CT molecular complexity index is 936. The van der Waals surface area contributed by atoms with Gasteiger partial charge in [0.1, 0.15) is 28.7 Å². The van der Waals surface area contributed by atoms with E-state index < -0.39 is 11.5 Å².